The van der Waals surface area contributed by atoms with Gasteiger partial charge in [0, 0.05) is 12.7 Å². The number of nitrogens with two attached hydrogens (primary N) is 1. The van der Waals surface area contributed by atoms with Crippen molar-refractivity contribution in [3.8, 4) is 0 Å². The minimum Gasteiger partial charge on any atom is -0.369 e. The van der Waals surface area contributed by atoms with Crippen LogP contribution in [0, 0.1) is 0 Å². The van der Waals surface area contributed by atoms with E-state index in [-0.39, 0.29) is 11.5 Å². The van der Waals surface area contributed by atoms with E-state index in [2.05, 4.69) is 51.8 Å². The standard InChI is InChI=1S/C23H30N6O/c1-2-3-11-26-21-20-19(27-23(24)28-21)10-14-29(22(20)30)15-16-4-6-17(7-5-16)18-8-12-25-13-9-18/h4-7,10,14,18,25H,2-3,8-9,11-13,15H2,1H3,(H3,24,26,27,28). The van der Waals surface area contributed by atoms with Crippen LogP contribution in [0.5, 0.6) is 0 Å². The van der Waals surface area contributed by atoms with Crippen LogP contribution in [0.1, 0.15) is 49.7 Å². The van der Waals surface area contributed by atoms with Crippen LogP contribution in [0.2, 0.25) is 0 Å². The Bertz CT molecular complexity index is 1050. The van der Waals surface area contributed by atoms with E-state index < -0.39 is 0 Å². The molecule has 0 bridgehead atoms. The number of pyridine rings is 1. The Balaban J connectivity index is 1.59. The Morgan fingerprint density at radius 3 is 2.67 bits per heavy atom. The number of hydrogen-bond donors (Lipinski definition) is 3. The fraction of sp³-hybridized carbons (Fsp3) is 0.435. The van der Waals surface area contributed by atoms with Crippen molar-refractivity contribution < 1.29 is 0 Å². The highest BCUT2D eigenvalue weighted by molar-refractivity contribution is 5.89. The van der Waals surface area contributed by atoms with Crippen molar-refractivity contribution in [1.29, 1.82) is 0 Å². The Hall–Kier alpha value is -2.93. The summed E-state index contributed by atoms with van der Waals surface area (Å²) in [5.74, 6) is 1.32. The smallest absolute Gasteiger partial charge is 0.264 e. The molecule has 7 heteroatoms. The highest BCUT2D eigenvalue weighted by Crippen LogP contribution is 2.25. The topological polar surface area (TPSA) is 97.9 Å². The highest BCUT2D eigenvalue weighted by Gasteiger charge is 2.15. The van der Waals surface area contributed by atoms with Gasteiger partial charge < -0.3 is 20.9 Å². The number of nitrogens with zero attached hydrogens (tertiary/aromatic N) is 3. The van der Waals surface area contributed by atoms with Gasteiger partial charge in [-0.25, -0.2) is 4.98 Å². The maximum Gasteiger partial charge on any atom is 0.264 e. The van der Waals surface area contributed by atoms with Gasteiger partial charge in [-0.05, 0) is 55.5 Å². The Morgan fingerprint density at radius 1 is 1.17 bits per heavy atom. The number of aromatic nitrogens is 3. The molecule has 0 atom stereocenters. The third-order valence-corrected chi connectivity index (χ3v) is 5.81. The van der Waals surface area contributed by atoms with Gasteiger partial charge in [-0.3, -0.25) is 4.79 Å². The number of anilines is 2. The second kappa shape index (κ2) is 9.26. The Labute approximate surface area is 176 Å². The summed E-state index contributed by atoms with van der Waals surface area (Å²) in [6.07, 6.45) is 6.20. The van der Waals surface area contributed by atoms with Gasteiger partial charge in [0.1, 0.15) is 11.2 Å². The zero-order valence-electron chi connectivity index (χ0n) is 17.5. The minimum absolute atomic E-state index is 0.103. The molecule has 1 fully saturated rings. The number of benzene rings is 1. The van der Waals surface area contributed by atoms with Gasteiger partial charge in [0.2, 0.25) is 5.95 Å². The summed E-state index contributed by atoms with van der Waals surface area (Å²) >= 11 is 0. The number of piperidine rings is 1. The molecule has 7 nitrogen and oxygen atoms in total. The number of unbranched alkanes of at least 4 members (excludes halogenated alkanes) is 1. The molecule has 4 N–H and O–H groups in total. The quantitative estimate of drug-likeness (QED) is 0.522. The van der Waals surface area contributed by atoms with Crippen molar-refractivity contribution in [2.45, 2.75) is 45.1 Å². The lowest BCUT2D eigenvalue weighted by atomic mass is 9.90. The van der Waals surface area contributed by atoms with Crippen molar-refractivity contribution >= 4 is 22.7 Å². The molecular weight excluding hydrogens is 376 g/mol. The molecule has 158 valence electrons. The van der Waals surface area contributed by atoms with Gasteiger partial charge >= 0.3 is 0 Å². The van der Waals surface area contributed by atoms with E-state index in [1.807, 2.05) is 6.07 Å². The number of rotatable bonds is 7. The minimum atomic E-state index is -0.103. The molecule has 4 rings (SSSR count). The van der Waals surface area contributed by atoms with Gasteiger partial charge in [0.05, 0.1) is 12.1 Å². The second-order valence-corrected chi connectivity index (χ2v) is 7.99. The molecule has 1 aliphatic heterocycles. The normalized spacial score (nSPS) is 14.8. The molecule has 0 amide bonds. The molecule has 0 radical (unpaired) electrons. The maximum atomic E-state index is 13.2. The Morgan fingerprint density at radius 2 is 1.93 bits per heavy atom. The highest BCUT2D eigenvalue weighted by atomic mass is 16.1. The first-order chi connectivity index (χ1) is 14.7. The lowest BCUT2D eigenvalue weighted by molar-refractivity contribution is 0.460. The van der Waals surface area contributed by atoms with E-state index in [0.29, 0.717) is 29.2 Å². The van der Waals surface area contributed by atoms with E-state index >= 15 is 0 Å². The second-order valence-electron chi connectivity index (χ2n) is 7.99. The predicted molar refractivity (Wildman–Crippen MR) is 122 cm³/mol. The van der Waals surface area contributed by atoms with Crippen molar-refractivity contribution in [3.05, 3.63) is 58.0 Å². The van der Waals surface area contributed by atoms with Gasteiger partial charge in [-0.1, -0.05) is 37.6 Å². The monoisotopic (exact) mass is 406 g/mol. The summed E-state index contributed by atoms with van der Waals surface area (Å²) in [6.45, 7) is 5.55. The van der Waals surface area contributed by atoms with E-state index in [4.69, 9.17) is 5.73 Å². The maximum absolute atomic E-state index is 13.2. The molecule has 0 saturated carbocycles. The lowest BCUT2D eigenvalue weighted by Gasteiger charge is -2.23. The van der Waals surface area contributed by atoms with Crippen LogP contribution >= 0.6 is 0 Å². The first kappa shape index (κ1) is 20.3. The third-order valence-electron chi connectivity index (χ3n) is 5.81. The molecule has 1 aliphatic rings. The van der Waals surface area contributed by atoms with Crippen LogP contribution in [-0.2, 0) is 6.54 Å². The molecule has 0 aliphatic carbocycles. The number of hydrogen-bond acceptors (Lipinski definition) is 6. The van der Waals surface area contributed by atoms with Crippen LogP contribution in [0.25, 0.3) is 10.9 Å². The molecule has 1 aromatic carbocycles. The fourth-order valence-corrected chi connectivity index (χ4v) is 4.08. The zero-order valence-corrected chi connectivity index (χ0v) is 17.5. The summed E-state index contributed by atoms with van der Waals surface area (Å²) in [7, 11) is 0. The molecule has 30 heavy (non-hydrogen) atoms. The molecule has 0 spiro atoms. The van der Waals surface area contributed by atoms with E-state index in [1.54, 1.807) is 10.8 Å². The summed E-state index contributed by atoms with van der Waals surface area (Å²) in [5, 5.41) is 7.16. The summed E-state index contributed by atoms with van der Waals surface area (Å²) in [6, 6.07) is 10.5. The average molecular weight is 407 g/mol. The molecular formula is C23H30N6O. The third kappa shape index (κ3) is 4.46. The summed E-state index contributed by atoms with van der Waals surface area (Å²) in [5.41, 5.74) is 8.80. The fourth-order valence-electron chi connectivity index (χ4n) is 4.08. The first-order valence-corrected chi connectivity index (χ1v) is 10.9. The van der Waals surface area contributed by atoms with Crippen LogP contribution in [0.3, 0.4) is 0 Å². The first-order valence-electron chi connectivity index (χ1n) is 10.9. The predicted octanol–water partition coefficient (Wildman–Crippen LogP) is 3.10. The summed E-state index contributed by atoms with van der Waals surface area (Å²) < 4.78 is 1.71. The van der Waals surface area contributed by atoms with Gasteiger partial charge in [-0.2, -0.15) is 4.98 Å². The molecule has 1 saturated heterocycles. The van der Waals surface area contributed by atoms with E-state index in [1.165, 1.54) is 18.4 Å². The zero-order chi connectivity index (χ0) is 20.9. The van der Waals surface area contributed by atoms with Crippen molar-refractivity contribution in [1.82, 2.24) is 19.9 Å². The van der Waals surface area contributed by atoms with Crippen molar-refractivity contribution in [3.63, 3.8) is 0 Å². The van der Waals surface area contributed by atoms with Gasteiger partial charge in [0.15, 0.2) is 0 Å². The van der Waals surface area contributed by atoms with Crippen LogP contribution in [0.4, 0.5) is 11.8 Å². The number of nitrogen functional groups attached to an aromatic ring is 1. The molecule has 2 aromatic heterocycles. The van der Waals surface area contributed by atoms with Crippen LogP contribution in [0.15, 0.2) is 41.3 Å². The van der Waals surface area contributed by atoms with Gasteiger partial charge in [0.25, 0.3) is 5.56 Å². The van der Waals surface area contributed by atoms with E-state index in [0.717, 1.165) is 38.0 Å². The largest absolute Gasteiger partial charge is 0.369 e. The SMILES string of the molecule is CCCCNc1nc(N)nc2ccn(Cc3ccc(C4CCNCC4)cc3)c(=O)c12. The van der Waals surface area contributed by atoms with Gasteiger partial charge in [-0.15, -0.1) is 0 Å². The summed E-state index contributed by atoms with van der Waals surface area (Å²) in [4.78, 5) is 21.7. The number of fused-ring (bicyclic) bond motifs is 1. The van der Waals surface area contributed by atoms with Crippen LogP contribution < -0.4 is 21.9 Å². The van der Waals surface area contributed by atoms with Crippen molar-refractivity contribution in [2.75, 3.05) is 30.7 Å². The Kier molecular flexibility index (Phi) is 6.28. The molecule has 3 aromatic rings. The van der Waals surface area contributed by atoms with E-state index in [9.17, 15) is 4.79 Å². The lowest BCUT2D eigenvalue weighted by Crippen LogP contribution is -2.26. The molecule has 3 heterocycles. The molecule has 0 unspecified atom stereocenters. The van der Waals surface area contributed by atoms with Crippen molar-refractivity contribution in [2.24, 2.45) is 0 Å². The van der Waals surface area contributed by atoms with Crippen LogP contribution in [-0.4, -0.2) is 34.2 Å². The number of nitrogens with one attached hydrogen (secondary N) is 2. The average Bonchev–Trinajstić information content (AvgIpc) is 2.77.